The van der Waals surface area contributed by atoms with E-state index in [1.54, 1.807) is 12.1 Å². The third kappa shape index (κ3) is 3.73. The Morgan fingerprint density at radius 1 is 1.26 bits per heavy atom. The number of hydrogen-bond donors (Lipinski definition) is 2. The fourth-order valence-corrected chi connectivity index (χ4v) is 2.88. The molecule has 1 saturated heterocycles. The smallest absolute Gasteiger partial charge is 0.251 e. The minimum Gasteiger partial charge on any atom is -0.349 e. The van der Waals surface area contributed by atoms with Crippen molar-refractivity contribution in [1.29, 1.82) is 0 Å². The molecule has 0 bridgehead atoms. The van der Waals surface area contributed by atoms with Crippen LogP contribution in [0.25, 0.3) is 11.4 Å². The van der Waals surface area contributed by atoms with E-state index < -0.39 is 0 Å². The van der Waals surface area contributed by atoms with E-state index in [1.807, 2.05) is 12.1 Å². The average Bonchev–Trinajstić information content (AvgIpc) is 3.10. The maximum Gasteiger partial charge on any atom is 0.251 e. The highest BCUT2D eigenvalue weighted by atomic mass is 16.1. The number of rotatable bonds is 4. The Bertz CT molecular complexity index is 629. The molecule has 1 aliphatic heterocycles. The maximum absolute atomic E-state index is 12.4. The van der Waals surface area contributed by atoms with Crippen molar-refractivity contribution >= 4 is 5.91 Å². The van der Waals surface area contributed by atoms with Gasteiger partial charge in [-0.25, -0.2) is 0 Å². The highest BCUT2D eigenvalue weighted by molar-refractivity contribution is 5.94. The second-order valence-corrected chi connectivity index (χ2v) is 6.19. The number of H-pyrrole nitrogens is 1. The molecule has 1 amide bonds. The van der Waals surface area contributed by atoms with Crippen LogP contribution in [0, 0.1) is 0 Å². The Morgan fingerprint density at radius 2 is 1.96 bits per heavy atom. The van der Waals surface area contributed by atoms with Crippen LogP contribution in [0.4, 0.5) is 0 Å². The summed E-state index contributed by atoms with van der Waals surface area (Å²) in [5, 5.41) is 16.9. The average molecular weight is 314 g/mol. The number of tetrazole rings is 1. The molecular formula is C16H22N6O. The quantitative estimate of drug-likeness (QED) is 0.892. The van der Waals surface area contributed by atoms with E-state index in [0.717, 1.165) is 31.5 Å². The normalized spacial score (nSPS) is 16.7. The fourth-order valence-electron chi connectivity index (χ4n) is 2.88. The molecule has 0 spiro atoms. The molecule has 2 aromatic rings. The van der Waals surface area contributed by atoms with Crippen LogP contribution in [0.3, 0.4) is 0 Å². The first-order chi connectivity index (χ1) is 11.1. The van der Waals surface area contributed by atoms with Gasteiger partial charge in [-0.05, 0) is 44.0 Å². The standard InChI is InChI=1S/C16H22N6O/c1-11(2)22-9-7-14(8-10-22)17-16(23)13-5-3-12(4-6-13)15-18-20-21-19-15/h3-6,11,14H,7-10H2,1-2H3,(H,17,23)(H,18,19,20,21). The van der Waals surface area contributed by atoms with E-state index in [2.05, 4.69) is 44.7 Å². The third-order valence-electron chi connectivity index (χ3n) is 4.35. The lowest BCUT2D eigenvalue weighted by molar-refractivity contribution is 0.0900. The summed E-state index contributed by atoms with van der Waals surface area (Å²) in [6.07, 6.45) is 2.01. The molecule has 1 aromatic carbocycles. The summed E-state index contributed by atoms with van der Waals surface area (Å²) in [6.45, 7) is 6.51. The largest absolute Gasteiger partial charge is 0.349 e. The number of nitrogens with one attached hydrogen (secondary N) is 2. The molecule has 0 radical (unpaired) electrons. The van der Waals surface area contributed by atoms with Crippen molar-refractivity contribution in [2.75, 3.05) is 13.1 Å². The topological polar surface area (TPSA) is 86.8 Å². The number of piperidine rings is 1. The molecule has 0 saturated carbocycles. The molecule has 2 heterocycles. The van der Waals surface area contributed by atoms with Crippen molar-refractivity contribution in [3.8, 4) is 11.4 Å². The number of likely N-dealkylation sites (tertiary alicyclic amines) is 1. The highest BCUT2D eigenvalue weighted by Crippen LogP contribution is 2.16. The molecule has 1 aliphatic rings. The number of carbonyl (C=O) groups excluding carboxylic acids is 1. The summed E-state index contributed by atoms with van der Waals surface area (Å²) in [7, 11) is 0. The fraction of sp³-hybridized carbons (Fsp3) is 0.500. The van der Waals surface area contributed by atoms with E-state index in [-0.39, 0.29) is 11.9 Å². The predicted molar refractivity (Wildman–Crippen MR) is 86.8 cm³/mol. The Kier molecular flexibility index (Phi) is 4.66. The summed E-state index contributed by atoms with van der Waals surface area (Å²) in [5.41, 5.74) is 1.49. The van der Waals surface area contributed by atoms with Crippen molar-refractivity contribution in [2.45, 2.75) is 38.8 Å². The van der Waals surface area contributed by atoms with E-state index >= 15 is 0 Å². The summed E-state index contributed by atoms with van der Waals surface area (Å²) in [4.78, 5) is 14.8. The number of aromatic amines is 1. The zero-order valence-electron chi connectivity index (χ0n) is 13.5. The molecule has 0 atom stereocenters. The molecule has 122 valence electrons. The van der Waals surface area contributed by atoms with Crippen LogP contribution in [0.2, 0.25) is 0 Å². The number of aromatic nitrogens is 4. The molecular weight excluding hydrogens is 292 g/mol. The van der Waals surface area contributed by atoms with Gasteiger partial charge in [0.25, 0.3) is 5.91 Å². The molecule has 1 aromatic heterocycles. The second-order valence-electron chi connectivity index (χ2n) is 6.19. The van der Waals surface area contributed by atoms with Crippen LogP contribution < -0.4 is 5.32 Å². The number of nitrogens with zero attached hydrogens (tertiary/aromatic N) is 4. The van der Waals surface area contributed by atoms with Gasteiger partial charge in [0.15, 0.2) is 0 Å². The van der Waals surface area contributed by atoms with Crippen LogP contribution in [-0.4, -0.2) is 56.6 Å². The third-order valence-corrected chi connectivity index (χ3v) is 4.35. The molecule has 23 heavy (non-hydrogen) atoms. The van der Waals surface area contributed by atoms with Gasteiger partial charge in [-0.15, -0.1) is 10.2 Å². The van der Waals surface area contributed by atoms with Crippen LogP contribution in [0.1, 0.15) is 37.0 Å². The zero-order valence-corrected chi connectivity index (χ0v) is 13.5. The van der Waals surface area contributed by atoms with Gasteiger partial charge < -0.3 is 10.2 Å². The predicted octanol–water partition coefficient (Wildman–Crippen LogP) is 1.47. The molecule has 1 fully saturated rings. The highest BCUT2D eigenvalue weighted by Gasteiger charge is 2.22. The van der Waals surface area contributed by atoms with Crippen molar-refractivity contribution in [3.63, 3.8) is 0 Å². The number of benzene rings is 1. The van der Waals surface area contributed by atoms with Gasteiger partial charge in [-0.2, -0.15) is 5.21 Å². The Hall–Kier alpha value is -2.28. The van der Waals surface area contributed by atoms with E-state index in [4.69, 9.17) is 0 Å². The zero-order chi connectivity index (χ0) is 16.2. The minimum absolute atomic E-state index is 0.0207. The minimum atomic E-state index is -0.0207. The van der Waals surface area contributed by atoms with Gasteiger partial charge >= 0.3 is 0 Å². The molecule has 3 rings (SSSR count). The maximum atomic E-state index is 12.4. The Balaban J connectivity index is 1.56. The SMILES string of the molecule is CC(C)N1CCC(NC(=O)c2ccc(-c3nn[nH]n3)cc2)CC1. The van der Waals surface area contributed by atoms with E-state index in [9.17, 15) is 4.79 Å². The number of hydrogen-bond acceptors (Lipinski definition) is 5. The monoisotopic (exact) mass is 314 g/mol. The Morgan fingerprint density at radius 3 is 2.52 bits per heavy atom. The summed E-state index contributed by atoms with van der Waals surface area (Å²) >= 11 is 0. The van der Waals surface area contributed by atoms with Gasteiger partial charge in [0.1, 0.15) is 0 Å². The number of amides is 1. The van der Waals surface area contributed by atoms with Crippen molar-refractivity contribution in [3.05, 3.63) is 29.8 Å². The van der Waals surface area contributed by atoms with Gasteiger partial charge in [0.05, 0.1) is 0 Å². The molecule has 0 unspecified atom stereocenters. The van der Waals surface area contributed by atoms with Gasteiger partial charge in [0.2, 0.25) is 5.82 Å². The Labute approximate surface area is 135 Å². The van der Waals surface area contributed by atoms with Gasteiger partial charge in [-0.1, -0.05) is 12.1 Å². The summed E-state index contributed by atoms with van der Waals surface area (Å²) in [5.74, 6) is 0.505. The number of carbonyl (C=O) groups is 1. The first-order valence-corrected chi connectivity index (χ1v) is 8.02. The molecule has 7 heteroatoms. The first kappa shape index (κ1) is 15.6. The molecule has 2 N–H and O–H groups in total. The van der Waals surface area contributed by atoms with Crippen LogP contribution in [-0.2, 0) is 0 Å². The van der Waals surface area contributed by atoms with Crippen molar-refractivity contribution in [1.82, 2.24) is 30.8 Å². The second kappa shape index (κ2) is 6.87. The van der Waals surface area contributed by atoms with Gasteiger partial charge in [-0.3, -0.25) is 4.79 Å². The lowest BCUT2D eigenvalue weighted by Gasteiger charge is -2.34. The first-order valence-electron chi connectivity index (χ1n) is 8.02. The molecule has 7 nitrogen and oxygen atoms in total. The van der Waals surface area contributed by atoms with Crippen molar-refractivity contribution < 1.29 is 4.79 Å². The summed E-state index contributed by atoms with van der Waals surface area (Å²) < 4.78 is 0. The van der Waals surface area contributed by atoms with E-state index in [0.29, 0.717) is 17.4 Å². The molecule has 0 aliphatic carbocycles. The van der Waals surface area contributed by atoms with Crippen LogP contribution in [0.5, 0.6) is 0 Å². The van der Waals surface area contributed by atoms with Crippen LogP contribution in [0.15, 0.2) is 24.3 Å². The summed E-state index contributed by atoms with van der Waals surface area (Å²) in [6, 6.07) is 8.09. The van der Waals surface area contributed by atoms with Crippen LogP contribution >= 0.6 is 0 Å². The van der Waals surface area contributed by atoms with E-state index in [1.165, 1.54) is 0 Å². The van der Waals surface area contributed by atoms with Gasteiger partial charge in [0, 0.05) is 36.3 Å². The van der Waals surface area contributed by atoms with Crippen molar-refractivity contribution in [2.24, 2.45) is 0 Å². The lowest BCUT2D eigenvalue weighted by Crippen LogP contribution is -2.46. The lowest BCUT2D eigenvalue weighted by atomic mass is 10.0.